The molecule has 0 radical (unpaired) electrons. The summed E-state index contributed by atoms with van der Waals surface area (Å²) in [4.78, 5) is 1.19. The van der Waals surface area contributed by atoms with E-state index in [1.807, 2.05) is 0 Å². The number of unbranched alkanes of at least 4 members (excludes halogenated alkanes) is 13. The Kier molecular flexibility index (Phi) is 8.76. The molecule has 0 aromatic carbocycles. The number of ether oxygens (including phenoxy) is 1. The van der Waals surface area contributed by atoms with E-state index in [2.05, 4.69) is 16.1 Å². The molecule has 1 aliphatic rings. The van der Waals surface area contributed by atoms with Gasteiger partial charge in [-0.2, -0.15) is 3.93 Å². The molecule has 5 heteroatoms. The second-order valence-electron chi connectivity index (χ2n) is 7.77. The Labute approximate surface area is 198 Å². The fourth-order valence-electron chi connectivity index (χ4n) is 3.33. The van der Waals surface area contributed by atoms with Gasteiger partial charge in [0.2, 0.25) is 0 Å². The number of methoxy groups -OCH3 is 1. The molecule has 4 nitrogen and oxygen atoms in total. The summed E-state index contributed by atoms with van der Waals surface area (Å²) in [6, 6.07) is -2.42. The molecule has 3 atom stereocenters. The number of rotatable bonds is 17. The second-order valence-corrected chi connectivity index (χ2v) is 8.48. The lowest BCUT2D eigenvalue weighted by atomic mass is 10.0. The summed E-state index contributed by atoms with van der Waals surface area (Å²) < 4.78 is 87.5. The number of hydrogen-bond acceptors (Lipinski definition) is 4. The molecule has 28 heavy (non-hydrogen) atoms. The van der Waals surface area contributed by atoms with Crippen LogP contribution in [0, 0.1) is 0 Å². The lowest BCUT2D eigenvalue weighted by Crippen LogP contribution is -2.62. The molecule has 0 bridgehead atoms. The average molecular weight is 473 g/mol. The molecular weight excluding hydrogens is 414 g/mol. The van der Waals surface area contributed by atoms with Crippen LogP contribution in [0.15, 0.2) is 0 Å². The van der Waals surface area contributed by atoms with Gasteiger partial charge in [-0.05, 0) is 20.5 Å². The Bertz CT molecular complexity index is 692. The van der Waals surface area contributed by atoms with Gasteiger partial charge in [-0.3, -0.25) is 10.2 Å². The molecule has 0 amide bonds. The molecule has 0 aromatic heterocycles. The summed E-state index contributed by atoms with van der Waals surface area (Å²) >= 11 is 2.95. The normalized spacial score (nSPS) is 39.6. The molecule has 3 unspecified atom stereocenters. The third-order valence-electron chi connectivity index (χ3n) is 5.00. The van der Waals surface area contributed by atoms with Gasteiger partial charge in [0.1, 0.15) is 13.9 Å². The maximum Gasteiger partial charge on any atom is 0.128 e. The van der Waals surface area contributed by atoms with Crippen molar-refractivity contribution in [1.29, 1.82) is 0 Å². The quantitative estimate of drug-likeness (QED) is 0.189. The Morgan fingerprint density at radius 3 is 2.07 bits per heavy atom. The summed E-state index contributed by atoms with van der Waals surface area (Å²) in [5.74, 6) is 0. The zero-order valence-corrected chi connectivity index (χ0v) is 19.5. The fraction of sp³-hybridized carbons (Fsp3) is 1.00. The first-order valence-corrected chi connectivity index (χ1v) is 11.7. The molecule has 1 N–H and O–H groups in total. The van der Waals surface area contributed by atoms with Crippen LogP contribution >= 0.6 is 16.1 Å². The molecule has 0 saturated carbocycles. The average Bonchev–Trinajstić information content (AvgIpc) is 2.82. The van der Waals surface area contributed by atoms with Crippen LogP contribution in [0.4, 0.5) is 0 Å². The fourth-order valence-corrected chi connectivity index (χ4v) is 3.89. The topological polar surface area (TPSA) is 27.7 Å². The molecule has 1 fully saturated rings. The highest BCUT2D eigenvalue weighted by molar-refractivity contribution is 9.07. The number of hydrogen-bond donors (Lipinski definition) is 1. The van der Waals surface area contributed by atoms with Gasteiger partial charge >= 0.3 is 0 Å². The van der Waals surface area contributed by atoms with E-state index in [9.17, 15) is 0 Å². The standard InChI is InChI=1S/C23H48BrN3O/c1-5-6-7-8-9-10-11-12-13-14-15-16-17-18-19-21-20-22(28-4)27(24)23(25-21)26(2)3/h21-23,25H,5-20H2,1-4H3/i1D,4D3,20D2,21D,22D,23D/hD. The van der Waals surface area contributed by atoms with Crippen molar-refractivity contribution >= 4 is 16.1 Å². The number of halogens is 1. The van der Waals surface area contributed by atoms with Crippen molar-refractivity contribution in [1.82, 2.24) is 14.1 Å². The molecule has 0 aromatic rings. The Hall–Kier alpha value is 0.320. The highest BCUT2D eigenvalue weighted by Gasteiger charge is 2.34. The lowest BCUT2D eigenvalue weighted by Gasteiger charge is -2.44. The molecule has 0 aliphatic carbocycles. The third kappa shape index (κ3) is 11.5. The molecule has 1 rings (SSSR count). The first kappa shape index (κ1) is 14.4. The van der Waals surface area contributed by atoms with Gasteiger partial charge in [-0.1, -0.05) is 96.8 Å². The van der Waals surface area contributed by atoms with Crippen molar-refractivity contribution in [2.24, 2.45) is 0 Å². The third-order valence-corrected chi connectivity index (χ3v) is 5.64. The van der Waals surface area contributed by atoms with Crippen molar-refractivity contribution in [3.8, 4) is 0 Å². The first-order chi connectivity index (χ1) is 17.5. The van der Waals surface area contributed by atoms with E-state index in [0.717, 1.165) is 25.7 Å². The van der Waals surface area contributed by atoms with Gasteiger partial charge < -0.3 is 4.74 Å². The van der Waals surface area contributed by atoms with Gasteiger partial charge in [-0.25, -0.2) is 0 Å². The van der Waals surface area contributed by atoms with E-state index >= 15 is 0 Å². The minimum atomic E-state index is -3.16. The van der Waals surface area contributed by atoms with E-state index in [0.29, 0.717) is 29.0 Å². The van der Waals surface area contributed by atoms with E-state index < -0.39 is 31.9 Å². The Balaban J connectivity index is 2.61. The number of nitrogens with one attached hydrogen (secondary N) is 1. The Morgan fingerprint density at radius 1 is 1.04 bits per heavy atom. The molecule has 1 saturated heterocycles. The van der Waals surface area contributed by atoms with Crippen molar-refractivity contribution in [2.45, 2.75) is 128 Å². The maximum absolute atomic E-state index is 8.98. The second kappa shape index (κ2) is 17.0. The van der Waals surface area contributed by atoms with Gasteiger partial charge in [0.15, 0.2) is 0 Å². The van der Waals surface area contributed by atoms with Crippen molar-refractivity contribution in [3.05, 3.63) is 0 Å². The monoisotopic (exact) mass is 471 g/mol. The highest BCUT2D eigenvalue weighted by atomic mass is 79.9. The smallest absolute Gasteiger partial charge is 0.128 e. The van der Waals surface area contributed by atoms with Crippen molar-refractivity contribution in [3.63, 3.8) is 0 Å². The van der Waals surface area contributed by atoms with Gasteiger partial charge in [-0.15, -0.1) is 0 Å². The van der Waals surface area contributed by atoms with Crippen molar-refractivity contribution < 1.29 is 18.5 Å². The molecule has 168 valence electrons. The van der Waals surface area contributed by atoms with Crippen LogP contribution in [0.5, 0.6) is 0 Å². The van der Waals surface area contributed by atoms with E-state index in [1.165, 1.54) is 70.4 Å². The number of nitrogens with zero attached hydrogens (tertiary/aromatic N) is 2. The lowest BCUT2D eigenvalue weighted by molar-refractivity contribution is -0.0751. The zero-order valence-electron chi connectivity index (χ0n) is 27.9. The van der Waals surface area contributed by atoms with Crippen molar-refractivity contribution in [2.75, 3.05) is 21.1 Å². The van der Waals surface area contributed by atoms with Crippen LogP contribution in [0.2, 0.25) is 1.41 Å². The summed E-state index contributed by atoms with van der Waals surface area (Å²) in [6.45, 7) is 0.535. The predicted molar refractivity (Wildman–Crippen MR) is 126 cm³/mol. The van der Waals surface area contributed by atoms with Gasteiger partial charge in [0, 0.05) is 41.1 Å². The van der Waals surface area contributed by atoms with E-state index in [4.69, 9.17) is 18.5 Å². The minimum absolute atomic E-state index is 0.161. The van der Waals surface area contributed by atoms with E-state index in [-0.39, 0.29) is 6.42 Å². The molecule has 1 aliphatic heterocycles. The molecule has 0 spiro atoms. The summed E-state index contributed by atoms with van der Waals surface area (Å²) in [7, 11) is -0.301. The zero-order chi connectivity index (χ0) is 29.3. The minimum Gasteiger partial charge on any atom is -0.365 e. The molecular formula is C23H48BrN3O. The van der Waals surface area contributed by atoms with Crippen LogP contribution in [0.25, 0.3) is 0 Å². The van der Waals surface area contributed by atoms with Gasteiger partial charge in [0.25, 0.3) is 0 Å². The van der Waals surface area contributed by atoms with Crippen LogP contribution < -0.4 is 5.31 Å². The van der Waals surface area contributed by atoms with Crippen LogP contribution in [-0.2, 0) is 4.74 Å². The Morgan fingerprint density at radius 2 is 1.57 bits per heavy atom. The summed E-state index contributed by atoms with van der Waals surface area (Å²) in [5.41, 5.74) is 0. The SMILES string of the molecule is [2H]CCCCCCCCCCCCCCCCC1([2H])N([2H])C([2H])(N(C)C)N(Br)C([2H])(OC([2H])([2H])[2H])C1([2H])[2H]. The molecule has 1 heterocycles. The summed E-state index contributed by atoms with van der Waals surface area (Å²) in [6.07, 6.45) is 6.57. The van der Waals surface area contributed by atoms with Gasteiger partial charge in [0.05, 0.1) is 6.85 Å². The summed E-state index contributed by atoms with van der Waals surface area (Å²) in [5, 5.41) is 0.486. The first-order valence-electron chi connectivity index (χ1n) is 16.1. The van der Waals surface area contributed by atoms with E-state index in [1.54, 1.807) is 0 Å². The predicted octanol–water partition coefficient (Wildman–Crippen LogP) is 6.65. The highest BCUT2D eigenvalue weighted by Crippen LogP contribution is 2.25. The largest absolute Gasteiger partial charge is 0.365 e. The van der Waals surface area contributed by atoms with Crippen LogP contribution in [0.3, 0.4) is 0 Å². The van der Waals surface area contributed by atoms with Crippen LogP contribution in [-0.4, -0.2) is 48.4 Å². The van der Waals surface area contributed by atoms with Crippen LogP contribution in [0.1, 0.15) is 122 Å². The maximum atomic E-state index is 8.98.